The third kappa shape index (κ3) is 3.81. The molecule has 19 heavy (non-hydrogen) atoms. The van der Waals surface area contributed by atoms with Gasteiger partial charge in [-0.1, -0.05) is 42.4 Å². The summed E-state index contributed by atoms with van der Waals surface area (Å²) in [6.45, 7) is 2.79. The maximum Gasteiger partial charge on any atom is 0.223 e. The van der Waals surface area contributed by atoms with Gasteiger partial charge in [-0.2, -0.15) is 0 Å². The average molecular weight is 298 g/mol. The van der Waals surface area contributed by atoms with Crippen LogP contribution in [0.5, 0.6) is 0 Å². The molecule has 0 radical (unpaired) electrons. The van der Waals surface area contributed by atoms with Crippen molar-refractivity contribution in [2.75, 3.05) is 11.9 Å². The molecule has 0 saturated carbocycles. The SMILES string of the molecule is CCCNc1ncc(F)c(Sc2ccccc2Cl)n1. The maximum atomic E-state index is 13.7. The van der Waals surface area contributed by atoms with Crippen molar-refractivity contribution < 1.29 is 4.39 Å². The first-order valence-electron chi connectivity index (χ1n) is 5.89. The predicted molar refractivity (Wildman–Crippen MR) is 76.3 cm³/mol. The minimum atomic E-state index is -0.452. The molecule has 0 spiro atoms. The van der Waals surface area contributed by atoms with Crippen LogP contribution in [0.1, 0.15) is 13.3 Å². The predicted octanol–water partition coefficient (Wildman–Crippen LogP) is 4.24. The van der Waals surface area contributed by atoms with E-state index in [0.717, 1.165) is 17.9 Å². The number of aromatic nitrogens is 2. The lowest BCUT2D eigenvalue weighted by Crippen LogP contribution is -2.05. The van der Waals surface area contributed by atoms with Crippen LogP contribution < -0.4 is 5.32 Å². The molecule has 1 heterocycles. The lowest BCUT2D eigenvalue weighted by Gasteiger charge is -2.07. The molecule has 0 bridgehead atoms. The molecule has 1 aromatic carbocycles. The van der Waals surface area contributed by atoms with E-state index in [-0.39, 0.29) is 5.03 Å². The third-order valence-electron chi connectivity index (χ3n) is 2.29. The van der Waals surface area contributed by atoms with Gasteiger partial charge in [-0.25, -0.2) is 14.4 Å². The Kier molecular flexibility index (Phi) is 4.99. The molecule has 1 N–H and O–H groups in total. The molecule has 0 fully saturated rings. The summed E-state index contributed by atoms with van der Waals surface area (Å²) in [6.07, 6.45) is 2.12. The van der Waals surface area contributed by atoms with Crippen LogP contribution in [0.25, 0.3) is 0 Å². The van der Waals surface area contributed by atoms with Crippen molar-refractivity contribution in [3.8, 4) is 0 Å². The summed E-state index contributed by atoms with van der Waals surface area (Å²) < 4.78 is 13.7. The first-order chi connectivity index (χ1) is 9.20. The summed E-state index contributed by atoms with van der Waals surface area (Å²) in [5, 5.41) is 3.87. The van der Waals surface area contributed by atoms with E-state index in [1.807, 2.05) is 25.1 Å². The topological polar surface area (TPSA) is 37.8 Å². The summed E-state index contributed by atoms with van der Waals surface area (Å²) >= 11 is 7.24. The molecule has 0 atom stereocenters. The van der Waals surface area contributed by atoms with E-state index < -0.39 is 5.82 Å². The molecule has 0 saturated heterocycles. The molecule has 3 nitrogen and oxygen atoms in total. The van der Waals surface area contributed by atoms with Crippen LogP contribution in [0.4, 0.5) is 10.3 Å². The van der Waals surface area contributed by atoms with Gasteiger partial charge in [0.1, 0.15) is 5.03 Å². The Bertz CT molecular complexity index is 565. The number of hydrogen-bond acceptors (Lipinski definition) is 4. The van der Waals surface area contributed by atoms with Crippen LogP contribution in [0.2, 0.25) is 5.02 Å². The second kappa shape index (κ2) is 6.73. The van der Waals surface area contributed by atoms with Crippen molar-refractivity contribution in [2.45, 2.75) is 23.3 Å². The van der Waals surface area contributed by atoms with Crippen molar-refractivity contribution in [1.29, 1.82) is 0 Å². The molecule has 6 heteroatoms. The number of nitrogens with one attached hydrogen (secondary N) is 1. The molecular weight excluding hydrogens is 285 g/mol. The zero-order chi connectivity index (χ0) is 13.7. The monoisotopic (exact) mass is 297 g/mol. The van der Waals surface area contributed by atoms with Gasteiger partial charge in [-0.3, -0.25) is 0 Å². The van der Waals surface area contributed by atoms with Crippen LogP contribution in [0.15, 0.2) is 40.4 Å². The average Bonchev–Trinajstić information content (AvgIpc) is 2.42. The maximum absolute atomic E-state index is 13.7. The molecule has 0 aliphatic rings. The number of rotatable bonds is 5. The summed E-state index contributed by atoms with van der Waals surface area (Å²) in [4.78, 5) is 8.82. The highest BCUT2D eigenvalue weighted by Crippen LogP contribution is 2.33. The Labute approximate surface area is 120 Å². The first kappa shape index (κ1) is 14.1. The van der Waals surface area contributed by atoms with Crippen LogP contribution in [0.3, 0.4) is 0 Å². The van der Waals surface area contributed by atoms with Gasteiger partial charge in [0.05, 0.1) is 11.2 Å². The van der Waals surface area contributed by atoms with Crippen molar-refractivity contribution in [2.24, 2.45) is 0 Å². The van der Waals surface area contributed by atoms with Gasteiger partial charge in [0.2, 0.25) is 5.95 Å². The fraction of sp³-hybridized carbons (Fsp3) is 0.231. The molecule has 100 valence electrons. The van der Waals surface area contributed by atoms with Crippen LogP contribution in [-0.4, -0.2) is 16.5 Å². The Morgan fingerprint density at radius 3 is 2.89 bits per heavy atom. The van der Waals surface area contributed by atoms with Gasteiger partial charge < -0.3 is 5.32 Å². The van der Waals surface area contributed by atoms with Crippen LogP contribution in [0, 0.1) is 5.82 Å². The molecule has 2 rings (SSSR count). The molecule has 0 amide bonds. The fourth-order valence-electron chi connectivity index (χ4n) is 1.38. The highest BCUT2D eigenvalue weighted by molar-refractivity contribution is 7.99. The van der Waals surface area contributed by atoms with E-state index in [1.54, 1.807) is 6.07 Å². The largest absolute Gasteiger partial charge is 0.354 e. The van der Waals surface area contributed by atoms with E-state index in [2.05, 4.69) is 15.3 Å². The summed E-state index contributed by atoms with van der Waals surface area (Å²) in [5.74, 6) is -0.0234. The molecule has 0 aliphatic heterocycles. The molecule has 0 unspecified atom stereocenters. The van der Waals surface area contributed by atoms with Gasteiger partial charge in [0.25, 0.3) is 0 Å². The number of hydrogen-bond donors (Lipinski definition) is 1. The highest BCUT2D eigenvalue weighted by Gasteiger charge is 2.10. The van der Waals surface area contributed by atoms with Crippen molar-refractivity contribution >= 4 is 29.3 Å². The lowest BCUT2D eigenvalue weighted by molar-refractivity contribution is 0.580. The van der Waals surface area contributed by atoms with Crippen LogP contribution in [-0.2, 0) is 0 Å². The molecule has 0 aliphatic carbocycles. The minimum Gasteiger partial charge on any atom is -0.354 e. The van der Waals surface area contributed by atoms with E-state index in [4.69, 9.17) is 11.6 Å². The standard InChI is InChI=1S/C13H13ClFN3S/c1-2-7-16-13-17-8-10(15)12(18-13)19-11-6-4-3-5-9(11)14/h3-6,8H,2,7H2,1H3,(H,16,17,18). The smallest absolute Gasteiger partial charge is 0.223 e. The van der Waals surface area contributed by atoms with Crippen molar-refractivity contribution in [1.82, 2.24) is 9.97 Å². The minimum absolute atomic E-state index is 0.265. The van der Waals surface area contributed by atoms with Crippen molar-refractivity contribution in [3.05, 3.63) is 41.3 Å². The number of halogens is 2. The fourth-order valence-corrected chi connectivity index (χ4v) is 2.43. The summed E-state index contributed by atoms with van der Waals surface area (Å²) in [6, 6.07) is 7.27. The molecule has 2 aromatic rings. The zero-order valence-electron chi connectivity index (χ0n) is 10.4. The second-order valence-electron chi connectivity index (χ2n) is 3.81. The summed E-state index contributed by atoms with van der Waals surface area (Å²) in [7, 11) is 0. The Hall–Kier alpha value is -1.33. The number of nitrogens with zero attached hydrogens (tertiary/aromatic N) is 2. The van der Waals surface area contributed by atoms with E-state index in [0.29, 0.717) is 11.0 Å². The van der Waals surface area contributed by atoms with Gasteiger partial charge in [0.15, 0.2) is 5.82 Å². The normalized spacial score (nSPS) is 10.5. The Balaban J connectivity index is 2.21. The van der Waals surface area contributed by atoms with Gasteiger partial charge in [0, 0.05) is 11.4 Å². The Morgan fingerprint density at radius 2 is 2.16 bits per heavy atom. The highest BCUT2D eigenvalue weighted by atomic mass is 35.5. The van der Waals surface area contributed by atoms with E-state index in [1.165, 1.54) is 18.0 Å². The molecule has 1 aromatic heterocycles. The quantitative estimate of drug-likeness (QED) is 0.838. The number of anilines is 1. The third-order valence-corrected chi connectivity index (χ3v) is 3.79. The molecular formula is C13H13ClFN3S. The number of benzene rings is 1. The van der Waals surface area contributed by atoms with Gasteiger partial charge >= 0.3 is 0 Å². The lowest BCUT2D eigenvalue weighted by atomic mass is 10.4. The first-order valence-corrected chi connectivity index (χ1v) is 7.09. The Morgan fingerprint density at radius 1 is 1.37 bits per heavy atom. The summed E-state index contributed by atoms with van der Waals surface area (Å²) in [5.41, 5.74) is 0. The van der Waals surface area contributed by atoms with Crippen LogP contribution >= 0.6 is 23.4 Å². The zero-order valence-corrected chi connectivity index (χ0v) is 11.9. The van der Waals surface area contributed by atoms with Gasteiger partial charge in [-0.05, 0) is 18.6 Å². The van der Waals surface area contributed by atoms with Gasteiger partial charge in [-0.15, -0.1) is 0 Å². The van der Waals surface area contributed by atoms with E-state index >= 15 is 0 Å². The second-order valence-corrected chi connectivity index (χ2v) is 5.24. The van der Waals surface area contributed by atoms with Crippen molar-refractivity contribution in [3.63, 3.8) is 0 Å². The van der Waals surface area contributed by atoms with E-state index in [9.17, 15) is 4.39 Å².